The van der Waals surface area contributed by atoms with E-state index in [1.54, 1.807) is 36.4 Å². The molecule has 0 radical (unpaired) electrons. The Morgan fingerprint density at radius 3 is 1.57 bits per heavy atom. The smallest absolute Gasteiger partial charge is 0.348 e. The number of rotatable bonds is 6. The highest BCUT2D eigenvalue weighted by molar-refractivity contribution is 6.07. The quantitative estimate of drug-likeness (QED) is 0.631. The van der Waals surface area contributed by atoms with Crippen molar-refractivity contribution in [3.05, 3.63) is 59.7 Å². The van der Waals surface area contributed by atoms with Gasteiger partial charge in [0.2, 0.25) is 0 Å². The number of benzene rings is 2. The SMILES string of the molecule is CCNc1ccccc1C(=O)OC(=O)c1ccccc1NCC. The Bertz CT molecular complexity index is 639. The molecule has 5 heteroatoms. The lowest BCUT2D eigenvalue weighted by Crippen LogP contribution is -2.16. The Hall–Kier alpha value is -2.82. The summed E-state index contributed by atoms with van der Waals surface area (Å²) < 4.78 is 5.04. The third-order valence-electron chi connectivity index (χ3n) is 3.21. The molecule has 0 atom stereocenters. The lowest BCUT2D eigenvalue weighted by molar-refractivity contribution is 0.0399. The molecule has 2 aromatic carbocycles. The summed E-state index contributed by atoms with van der Waals surface area (Å²) in [6.07, 6.45) is 0. The van der Waals surface area contributed by atoms with E-state index in [0.29, 0.717) is 35.6 Å². The van der Waals surface area contributed by atoms with Gasteiger partial charge in [-0.1, -0.05) is 24.3 Å². The van der Waals surface area contributed by atoms with Crippen molar-refractivity contribution in [3.63, 3.8) is 0 Å². The van der Waals surface area contributed by atoms with Crippen LogP contribution in [0.25, 0.3) is 0 Å². The number of carbonyl (C=O) groups excluding carboxylic acids is 2. The van der Waals surface area contributed by atoms with Crippen LogP contribution in [0.1, 0.15) is 34.6 Å². The van der Waals surface area contributed by atoms with Crippen molar-refractivity contribution < 1.29 is 14.3 Å². The van der Waals surface area contributed by atoms with Crippen LogP contribution in [-0.2, 0) is 4.74 Å². The molecular formula is C18H20N2O3. The Morgan fingerprint density at radius 2 is 1.17 bits per heavy atom. The molecule has 0 fully saturated rings. The van der Waals surface area contributed by atoms with Crippen molar-refractivity contribution in [3.8, 4) is 0 Å². The molecule has 0 heterocycles. The number of hydrogen-bond acceptors (Lipinski definition) is 5. The van der Waals surface area contributed by atoms with Gasteiger partial charge in [-0.05, 0) is 38.1 Å². The molecular weight excluding hydrogens is 292 g/mol. The maximum Gasteiger partial charge on any atom is 0.348 e. The van der Waals surface area contributed by atoms with E-state index in [1.807, 2.05) is 26.0 Å². The maximum absolute atomic E-state index is 12.3. The van der Waals surface area contributed by atoms with E-state index < -0.39 is 11.9 Å². The maximum atomic E-state index is 12.3. The summed E-state index contributed by atoms with van der Waals surface area (Å²) >= 11 is 0. The molecule has 0 amide bonds. The second-order valence-corrected chi connectivity index (χ2v) is 4.83. The fraction of sp³-hybridized carbons (Fsp3) is 0.222. The molecule has 0 aliphatic rings. The Labute approximate surface area is 135 Å². The van der Waals surface area contributed by atoms with Gasteiger partial charge < -0.3 is 15.4 Å². The van der Waals surface area contributed by atoms with Crippen LogP contribution in [0, 0.1) is 0 Å². The van der Waals surface area contributed by atoms with Crippen LogP contribution in [0.4, 0.5) is 11.4 Å². The first-order valence-corrected chi connectivity index (χ1v) is 7.59. The highest BCUT2D eigenvalue weighted by Crippen LogP contribution is 2.19. The number of ether oxygens (including phenoxy) is 1. The molecule has 2 N–H and O–H groups in total. The monoisotopic (exact) mass is 312 g/mol. The molecule has 0 saturated carbocycles. The van der Waals surface area contributed by atoms with Crippen molar-refractivity contribution >= 4 is 23.3 Å². The number of para-hydroxylation sites is 2. The molecule has 0 spiro atoms. The summed E-state index contributed by atoms with van der Waals surface area (Å²) in [6.45, 7) is 5.20. The number of hydrogen-bond donors (Lipinski definition) is 2. The number of anilines is 2. The minimum atomic E-state index is -0.669. The summed E-state index contributed by atoms with van der Waals surface area (Å²) in [4.78, 5) is 24.6. The molecule has 2 aromatic rings. The molecule has 120 valence electrons. The lowest BCUT2D eigenvalue weighted by atomic mass is 10.1. The van der Waals surface area contributed by atoms with E-state index in [1.165, 1.54) is 0 Å². The fourth-order valence-electron chi connectivity index (χ4n) is 2.21. The molecule has 0 aromatic heterocycles. The largest absolute Gasteiger partial charge is 0.386 e. The van der Waals surface area contributed by atoms with Gasteiger partial charge in [0.1, 0.15) is 0 Å². The van der Waals surface area contributed by atoms with Gasteiger partial charge in [-0.15, -0.1) is 0 Å². The Balaban J connectivity index is 2.19. The van der Waals surface area contributed by atoms with Gasteiger partial charge >= 0.3 is 11.9 Å². The minimum Gasteiger partial charge on any atom is -0.386 e. The third-order valence-corrected chi connectivity index (χ3v) is 3.21. The third kappa shape index (κ3) is 4.10. The van der Waals surface area contributed by atoms with Crippen LogP contribution < -0.4 is 10.6 Å². The molecule has 0 aliphatic heterocycles. The summed E-state index contributed by atoms with van der Waals surface area (Å²) in [5.74, 6) is -1.34. The van der Waals surface area contributed by atoms with Crippen LogP contribution in [0.2, 0.25) is 0 Å². The van der Waals surface area contributed by atoms with E-state index >= 15 is 0 Å². The lowest BCUT2D eigenvalue weighted by Gasteiger charge is -2.11. The van der Waals surface area contributed by atoms with Crippen molar-refractivity contribution in [2.45, 2.75) is 13.8 Å². The standard InChI is InChI=1S/C18H20N2O3/c1-3-19-15-11-7-5-9-13(15)17(21)23-18(22)14-10-6-8-12-16(14)20-4-2/h5-12,19-20H,3-4H2,1-2H3. The van der Waals surface area contributed by atoms with Crippen LogP contribution in [0.5, 0.6) is 0 Å². The number of esters is 2. The van der Waals surface area contributed by atoms with Crippen molar-refractivity contribution in [2.75, 3.05) is 23.7 Å². The molecule has 0 bridgehead atoms. The van der Waals surface area contributed by atoms with Crippen LogP contribution in [-0.4, -0.2) is 25.0 Å². The van der Waals surface area contributed by atoms with Crippen LogP contribution >= 0.6 is 0 Å². The molecule has 0 saturated heterocycles. The molecule has 0 aliphatic carbocycles. The van der Waals surface area contributed by atoms with Crippen LogP contribution in [0.15, 0.2) is 48.5 Å². The van der Waals surface area contributed by atoms with Gasteiger partial charge in [-0.3, -0.25) is 0 Å². The van der Waals surface area contributed by atoms with E-state index in [4.69, 9.17) is 4.74 Å². The Kier molecular flexibility index (Phi) is 5.74. The predicted octanol–water partition coefficient (Wildman–Crippen LogP) is 3.55. The van der Waals surface area contributed by atoms with Gasteiger partial charge in [0.05, 0.1) is 11.1 Å². The second kappa shape index (κ2) is 7.98. The zero-order valence-corrected chi connectivity index (χ0v) is 13.3. The minimum absolute atomic E-state index is 0.337. The average molecular weight is 312 g/mol. The molecule has 0 unspecified atom stereocenters. The highest BCUT2D eigenvalue weighted by Gasteiger charge is 2.19. The fourth-order valence-corrected chi connectivity index (χ4v) is 2.21. The number of nitrogens with one attached hydrogen (secondary N) is 2. The highest BCUT2D eigenvalue weighted by atomic mass is 16.6. The number of carbonyl (C=O) groups is 2. The average Bonchev–Trinajstić information content (AvgIpc) is 2.56. The Morgan fingerprint density at radius 1 is 0.783 bits per heavy atom. The van der Waals surface area contributed by atoms with E-state index in [-0.39, 0.29) is 0 Å². The van der Waals surface area contributed by atoms with Crippen molar-refractivity contribution in [2.24, 2.45) is 0 Å². The van der Waals surface area contributed by atoms with Gasteiger partial charge in [0, 0.05) is 24.5 Å². The molecule has 2 rings (SSSR count). The first kappa shape index (κ1) is 16.5. The summed E-state index contributed by atoms with van der Waals surface area (Å²) in [5, 5.41) is 6.15. The van der Waals surface area contributed by atoms with Gasteiger partial charge in [0.25, 0.3) is 0 Å². The van der Waals surface area contributed by atoms with Crippen LogP contribution in [0.3, 0.4) is 0 Å². The summed E-state index contributed by atoms with van der Waals surface area (Å²) in [6, 6.07) is 13.9. The van der Waals surface area contributed by atoms with Crippen molar-refractivity contribution in [1.82, 2.24) is 0 Å². The first-order chi connectivity index (χ1) is 11.2. The van der Waals surface area contributed by atoms with E-state index in [0.717, 1.165) is 0 Å². The summed E-state index contributed by atoms with van der Waals surface area (Å²) in [5.41, 5.74) is 1.97. The van der Waals surface area contributed by atoms with E-state index in [2.05, 4.69) is 10.6 Å². The first-order valence-electron chi connectivity index (χ1n) is 7.59. The van der Waals surface area contributed by atoms with Gasteiger partial charge in [-0.25, -0.2) is 9.59 Å². The van der Waals surface area contributed by atoms with Gasteiger partial charge in [-0.2, -0.15) is 0 Å². The zero-order valence-electron chi connectivity index (χ0n) is 13.3. The topological polar surface area (TPSA) is 67.4 Å². The zero-order chi connectivity index (χ0) is 16.7. The molecule has 23 heavy (non-hydrogen) atoms. The molecule has 5 nitrogen and oxygen atoms in total. The normalized spacial score (nSPS) is 10.0. The summed E-state index contributed by atoms with van der Waals surface area (Å²) in [7, 11) is 0. The van der Waals surface area contributed by atoms with Gasteiger partial charge in [0.15, 0.2) is 0 Å². The predicted molar refractivity (Wildman–Crippen MR) is 91.0 cm³/mol. The second-order valence-electron chi connectivity index (χ2n) is 4.83. The van der Waals surface area contributed by atoms with Crippen molar-refractivity contribution in [1.29, 1.82) is 0 Å². The van der Waals surface area contributed by atoms with E-state index in [9.17, 15) is 9.59 Å².